The topological polar surface area (TPSA) is 103 Å². The van der Waals surface area contributed by atoms with Crippen LogP contribution >= 0.6 is 0 Å². The highest BCUT2D eigenvalue weighted by Gasteiger charge is 2.27. The summed E-state index contributed by atoms with van der Waals surface area (Å²) in [6.45, 7) is 6.67. The van der Waals surface area contributed by atoms with Crippen molar-refractivity contribution in [3.63, 3.8) is 0 Å². The van der Waals surface area contributed by atoms with Crippen molar-refractivity contribution >= 4 is 17.7 Å². The molecule has 1 fully saturated rings. The maximum absolute atomic E-state index is 13.6. The van der Waals surface area contributed by atoms with Crippen molar-refractivity contribution in [3.8, 4) is 11.5 Å². The summed E-state index contributed by atoms with van der Waals surface area (Å²) >= 11 is 0. The Morgan fingerprint density at radius 3 is 2.49 bits per heavy atom. The number of nitrogens with zero attached hydrogens (tertiary/aromatic N) is 2. The molecule has 3 N–H and O–H groups in total. The Balaban J connectivity index is 1.58. The number of carboxylic acid groups (broad SMARTS) is 1. The van der Waals surface area contributed by atoms with Crippen LogP contribution < -0.4 is 25.1 Å². The number of hydrogen-bond acceptors (Lipinski definition) is 6. The molecule has 37 heavy (non-hydrogen) atoms. The van der Waals surface area contributed by atoms with Crippen LogP contribution in [0.15, 0.2) is 48.7 Å². The van der Waals surface area contributed by atoms with E-state index in [0.717, 1.165) is 37.1 Å². The van der Waals surface area contributed by atoms with Gasteiger partial charge in [-0.15, -0.1) is 0 Å². The standard InChI is InChI=1S/C28H36N4O5/c1-4-36-25-11-9-20(18-26(25)37-5-2)23-7-6-16-32(30-23)27(33)21-8-10-24(31(3)28(34)35)22(17-21)19-12-14-29-15-13-19/h6,8-11,16-19,23,29-30H,4-5,7,12-15H2,1-3H3,(H,34,35). The monoisotopic (exact) mass is 508 g/mol. The Bertz CT molecular complexity index is 1150. The predicted octanol–water partition coefficient (Wildman–Crippen LogP) is 4.67. The zero-order valence-electron chi connectivity index (χ0n) is 21.7. The molecule has 0 radical (unpaired) electrons. The SMILES string of the molecule is CCOc1ccc(C2CC=CN(C(=O)c3ccc(N(C)C(=O)O)c(C4CCNCC4)c3)N2)cc1OCC. The summed E-state index contributed by atoms with van der Waals surface area (Å²) in [5.74, 6) is 1.37. The van der Waals surface area contributed by atoms with Crippen molar-refractivity contribution in [3.05, 3.63) is 65.4 Å². The largest absolute Gasteiger partial charge is 0.490 e. The highest BCUT2D eigenvalue weighted by molar-refractivity contribution is 5.96. The lowest BCUT2D eigenvalue weighted by atomic mass is 9.87. The second kappa shape index (κ2) is 12.1. The molecule has 198 valence electrons. The zero-order valence-corrected chi connectivity index (χ0v) is 21.7. The minimum atomic E-state index is -1.03. The van der Waals surface area contributed by atoms with Gasteiger partial charge in [0.25, 0.3) is 5.91 Å². The molecule has 0 bridgehead atoms. The quantitative estimate of drug-likeness (QED) is 0.476. The lowest BCUT2D eigenvalue weighted by Crippen LogP contribution is -2.43. The number of anilines is 1. The molecule has 0 aromatic heterocycles. The van der Waals surface area contributed by atoms with Crippen LogP contribution in [0.5, 0.6) is 11.5 Å². The maximum Gasteiger partial charge on any atom is 0.411 e. The fraction of sp³-hybridized carbons (Fsp3) is 0.429. The average molecular weight is 509 g/mol. The normalized spacial score (nSPS) is 17.9. The van der Waals surface area contributed by atoms with Gasteiger partial charge in [0.2, 0.25) is 0 Å². The first-order chi connectivity index (χ1) is 17.9. The van der Waals surface area contributed by atoms with Crippen LogP contribution in [-0.2, 0) is 0 Å². The first kappa shape index (κ1) is 26.5. The average Bonchev–Trinajstić information content (AvgIpc) is 2.93. The van der Waals surface area contributed by atoms with E-state index in [2.05, 4.69) is 10.7 Å². The number of carbonyl (C=O) groups excluding carboxylic acids is 1. The lowest BCUT2D eigenvalue weighted by molar-refractivity contribution is 0.0713. The molecule has 1 saturated heterocycles. The van der Waals surface area contributed by atoms with Gasteiger partial charge in [-0.25, -0.2) is 15.2 Å². The smallest absolute Gasteiger partial charge is 0.411 e. The van der Waals surface area contributed by atoms with E-state index < -0.39 is 6.09 Å². The van der Waals surface area contributed by atoms with Crippen LogP contribution in [0.3, 0.4) is 0 Å². The predicted molar refractivity (Wildman–Crippen MR) is 142 cm³/mol. The molecule has 4 rings (SSSR count). The van der Waals surface area contributed by atoms with Gasteiger partial charge < -0.3 is 19.9 Å². The van der Waals surface area contributed by atoms with Crippen molar-refractivity contribution in [2.45, 2.75) is 45.1 Å². The summed E-state index contributed by atoms with van der Waals surface area (Å²) in [6.07, 6.45) is 5.18. The van der Waals surface area contributed by atoms with E-state index in [1.165, 1.54) is 17.0 Å². The minimum absolute atomic E-state index is 0.120. The van der Waals surface area contributed by atoms with Gasteiger partial charge >= 0.3 is 6.09 Å². The second-order valence-electron chi connectivity index (χ2n) is 9.19. The number of benzene rings is 2. The molecule has 2 aliphatic rings. The first-order valence-corrected chi connectivity index (χ1v) is 12.9. The van der Waals surface area contributed by atoms with Crippen molar-refractivity contribution in [1.82, 2.24) is 15.8 Å². The molecule has 1 unspecified atom stereocenters. The summed E-state index contributed by atoms with van der Waals surface area (Å²) < 4.78 is 11.5. The number of rotatable bonds is 8. The number of nitrogens with one attached hydrogen (secondary N) is 2. The number of amides is 2. The molecule has 9 nitrogen and oxygen atoms in total. The van der Waals surface area contributed by atoms with E-state index in [1.807, 2.05) is 44.2 Å². The molecule has 2 aliphatic heterocycles. The summed E-state index contributed by atoms with van der Waals surface area (Å²) in [6, 6.07) is 11.0. The molecule has 2 aromatic rings. The van der Waals surface area contributed by atoms with Crippen LogP contribution in [0.4, 0.5) is 10.5 Å². The summed E-state index contributed by atoms with van der Waals surface area (Å²) in [5.41, 5.74) is 6.34. The number of hydrazine groups is 1. The van der Waals surface area contributed by atoms with E-state index in [1.54, 1.807) is 18.3 Å². The van der Waals surface area contributed by atoms with Gasteiger partial charge in [0.05, 0.1) is 24.9 Å². The van der Waals surface area contributed by atoms with Crippen molar-refractivity contribution < 1.29 is 24.2 Å². The van der Waals surface area contributed by atoms with E-state index in [0.29, 0.717) is 42.4 Å². The van der Waals surface area contributed by atoms with Crippen molar-refractivity contribution in [1.29, 1.82) is 0 Å². The fourth-order valence-electron chi connectivity index (χ4n) is 4.88. The third-order valence-electron chi connectivity index (χ3n) is 6.81. The van der Waals surface area contributed by atoms with Crippen LogP contribution in [-0.4, -0.2) is 55.5 Å². The Hall–Kier alpha value is -3.56. The lowest BCUT2D eigenvalue weighted by Gasteiger charge is -2.31. The van der Waals surface area contributed by atoms with Crippen LogP contribution in [0.25, 0.3) is 0 Å². The Labute approximate surface area is 218 Å². The molecule has 2 aromatic carbocycles. The highest BCUT2D eigenvalue weighted by atomic mass is 16.5. The third kappa shape index (κ3) is 6.06. The molecule has 2 amide bonds. The highest BCUT2D eigenvalue weighted by Crippen LogP contribution is 2.35. The number of ether oxygens (including phenoxy) is 2. The van der Waals surface area contributed by atoms with E-state index in [4.69, 9.17) is 9.47 Å². The van der Waals surface area contributed by atoms with Gasteiger partial charge in [-0.1, -0.05) is 12.1 Å². The molecule has 0 spiro atoms. The van der Waals surface area contributed by atoms with Crippen LogP contribution in [0, 0.1) is 0 Å². The van der Waals surface area contributed by atoms with E-state index in [9.17, 15) is 14.7 Å². The fourth-order valence-corrected chi connectivity index (χ4v) is 4.88. The minimum Gasteiger partial charge on any atom is -0.490 e. The summed E-state index contributed by atoms with van der Waals surface area (Å²) in [7, 11) is 1.54. The van der Waals surface area contributed by atoms with Crippen molar-refractivity contribution in [2.75, 3.05) is 38.3 Å². The second-order valence-corrected chi connectivity index (χ2v) is 9.19. The number of hydrogen-bond donors (Lipinski definition) is 3. The molecule has 0 saturated carbocycles. The maximum atomic E-state index is 13.6. The van der Waals surface area contributed by atoms with Gasteiger partial charge in [-0.3, -0.25) is 9.69 Å². The van der Waals surface area contributed by atoms with E-state index in [-0.39, 0.29) is 17.9 Å². The van der Waals surface area contributed by atoms with Gasteiger partial charge in [0, 0.05) is 18.8 Å². The van der Waals surface area contributed by atoms with Gasteiger partial charge in [0.15, 0.2) is 11.5 Å². The number of carbonyl (C=O) groups is 2. The summed E-state index contributed by atoms with van der Waals surface area (Å²) in [4.78, 5) is 26.5. The van der Waals surface area contributed by atoms with Crippen molar-refractivity contribution in [2.24, 2.45) is 0 Å². The molecule has 0 aliphatic carbocycles. The van der Waals surface area contributed by atoms with E-state index >= 15 is 0 Å². The zero-order chi connectivity index (χ0) is 26.4. The summed E-state index contributed by atoms with van der Waals surface area (Å²) in [5, 5.41) is 14.4. The van der Waals surface area contributed by atoms with Crippen LogP contribution in [0.2, 0.25) is 0 Å². The van der Waals surface area contributed by atoms with Gasteiger partial charge in [-0.2, -0.15) is 0 Å². The van der Waals surface area contributed by atoms with Gasteiger partial charge in [-0.05, 0) is 93.6 Å². The Morgan fingerprint density at radius 1 is 1.05 bits per heavy atom. The molecular weight excluding hydrogens is 472 g/mol. The first-order valence-electron chi connectivity index (χ1n) is 12.9. The molecular formula is C28H36N4O5. The third-order valence-corrected chi connectivity index (χ3v) is 6.81. The number of piperidine rings is 1. The molecule has 2 heterocycles. The molecule has 9 heteroatoms. The van der Waals surface area contributed by atoms with Gasteiger partial charge in [0.1, 0.15) is 0 Å². The van der Waals surface area contributed by atoms with Crippen LogP contribution in [0.1, 0.15) is 66.6 Å². The molecule has 1 atom stereocenters. The Morgan fingerprint density at radius 2 is 1.78 bits per heavy atom. The Kier molecular flexibility index (Phi) is 8.68.